The van der Waals surface area contributed by atoms with Crippen molar-refractivity contribution in [2.45, 2.75) is 0 Å². The lowest BCUT2D eigenvalue weighted by Gasteiger charge is -2.04. The number of nitrogens with zero attached hydrogens (tertiary/aromatic N) is 2. The minimum absolute atomic E-state index is 0.160. The molecule has 0 atom stereocenters. The van der Waals surface area contributed by atoms with E-state index in [0.29, 0.717) is 0 Å². The Hall–Kier alpha value is -1.85. The molecule has 13 heavy (non-hydrogen) atoms. The lowest BCUT2D eigenvalue weighted by atomic mass is 10.4. The van der Waals surface area contributed by atoms with E-state index < -0.39 is 5.97 Å². The van der Waals surface area contributed by atoms with Gasteiger partial charge in [0.05, 0.1) is 14.2 Å². The van der Waals surface area contributed by atoms with Crippen LogP contribution in [0.5, 0.6) is 11.6 Å². The molecular formula is C7H8N2O4. The molecule has 0 aliphatic rings. The van der Waals surface area contributed by atoms with Crippen molar-refractivity contribution in [1.82, 2.24) is 10.2 Å². The number of carbonyl (C=O) groups is 1. The number of hydrogen-bond acceptors (Lipinski definition) is 5. The van der Waals surface area contributed by atoms with Gasteiger partial charge < -0.3 is 14.6 Å². The predicted octanol–water partition coefficient (Wildman–Crippen LogP) is 0.192. The van der Waals surface area contributed by atoms with Crippen LogP contribution < -0.4 is 9.47 Å². The van der Waals surface area contributed by atoms with Crippen molar-refractivity contribution >= 4 is 5.97 Å². The third-order valence-corrected chi connectivity index (χ3v) is 1.36. The summed E-state index contributed by atoms with van der Waals surface area (Å²) in [5, 5.41) is 15.5. The van der Waals surface area contributed by atoms with Gasteiger partial charge in [0.2, 0.25) is 0 Å². The van der Waals surface area contributed by atoms with Crippen LogP contribution in [-0.2, 0) is 0 Å². The third kappa shape index (κ3) is 1.84. The number of aromatic carboxylic acids is 1. The van der Waals surface area contributed by atoms with Crippen molar-refractivity contribution in [2.24, 2.45) is 0 Å². The van der Waals surface area contributed by atoms with E-state index in [1.807, 2.05) is 0 Å². The molecule has 0 aliphatic heterocycles. The van der Waals surface area contributed by atoms with Crippen LogP contribution >= 0.6 is 0 Å². The molecule has 1 heterocycles. The van der Waals surface area contributed by atoms with Gasteiger partial charge in [0, 0.05) is 6.07 Å². The molecule has 0 saturated heterocycles. The molecule has 6 heteroatoms. The van der Waals surface area contributed by atoms with Crippen LogP contribution in [-0.4, -0.2) is 35.5 Å². The average molecular weight is 184 g/mol. The molecule has 0 fully saturated rings. The summed E-state index contributed by atoms with van der Waals surface area (Å²) in [7, 11) is 2.79. The molecule has 0 amide bonds. The van der Waals surface area contributed by atoms with Crippen molar-refractivity contribution in [3.63, 3.8) is 0 Å². The van der Waals surface area contributed by atoms with E-state index in [4.69, 9.17) is 14.6 Å². The second-order valence-corrected chi connectivity index (χ2v) is 2.11. The SMILES string of the molecule is COc1cc(C(=O)O)nnc1OC. The molecule has 6 nitrogen and oxygen atoms in total. The second-order valence-electron chi connectivity index (χ2n) is 2.11. The highest BCUT2D eigenvalue weighted by Crippen LogP contribution is 2.22. The summed E-state index contributed by atoms with van der Waals surface area (Å²) in [6.07, 6.45) is 0. The third-order valence-electron chi connectivity index (χ3n) is 1.36. The van der Waals surface area contributed by atoms with Gasteiger partial charge in [0.25, 0.3) is 5.88 Å². The Morgan fingerprint density at radius 1 is 1.38 bits per heavy atom. The second kappa shape index (κ2) is 3.70. The summed E-state index contributed by atoms with van der Waals surface area (Å²) in [6, 6.07) is 1.24. The Morgan fingerprint density at radius 3 is 2.54 bits per heavy atom. The summed E-state index contributed by atoms with van der Waals surface area (Å²) >= 11 is 0. The zero-order chi connectivity index (χ0) is 9.84. The summed E-state index contributed by atoms with van der Waals surface area (Å²) in [6.45, 7) is 0. The number of carboxylic acids is 1. The number of carboxylic acid groups (broad SMARTS) is 1. The van der Waals surface area contributed by atoms with Gasteiger partial charge in [-0.05, 0) is 0 Å². The van der Waals surface area contributed by atoms with Crippen LogP contribution in [0.2, 0.25) is 0 Å². The average Bonchev–Trinajstić information content (AvgIpc) is 2.16. The monoisotopic (exact) mass is 184 g/mol. The topological polar surface area (TPSA) is 81.5 Å². The standard InChI is InChI=1S/C7H8N2O4/c1-12-5-3-4(7(10)11)8-9-6(5)13-2/h3H,1-2H3,(H,10,11). The van der Waals surface area contributed by atoms with Gasteiger partial charge in [-0.2, -0.15) is 0 Å². The van der Waals surface area contributed by atoms with E-state index in [9.17, 15) is 4.79 Å². The zero-order valence-electron chi connectivity index (χ0n) is 7.14. The molecule has 1 aromatic rings. The molecule has 0 aliphatic carbocycles. The highest BCUT2D eigenvalue weighted by atomic mass is 16.5. The highest BCUT2D eigenvalue weighted by Gasteiger charge is 2.11. The fourth-order valence-corrected chi connectivity index (χ4v) is 0.756. The number of rotatable bonds is 3. The Labute approximate surface area is 74.1 Å². The first-order chi connectivity index (χ1) is 6.19. The van der Waals surface area contributed by atoms with Crippen molar-refractivity contribution in [3.8, 4) is 11.6 Å². The molecule has 1 aromatic heterocycles. The summed E-state index contributed by atoms with van der Waals surface area (Å²) in [5.74, 6) is -0.754. The quantitative estimate of drug-likeness (QED) is 0.722. The Morgan fingerprint density at radius 2 is 2.08 bits per heavy atom. The fourth-order valence-electron chi connectivity index (χ4n) is 0.756. The molecule has 0 spiro atoms. The van der Waals surface area contributed by atoms with Gasteiger partial charge in [0.15, 0.2) is 11.4 Å². The van der Waals surface area contributed by atoms with E-state index in [0.717, 1.165) is 0 Å². The smallest absolute Gasteiger partial charge is 0.356 e. The van der Waals surface area contributed by atoms with Crippen molar-refractivity contribution in [2.75, 3.05) is 14.2 Å². The van der Waals surface area contributed by atoms with Crippen LogP contribution in [0.15, 0.2) is 6.07 Å². The molecular weight excluding hydrogens is 176 g/mol. The minimum Gasteiger partial charge on any atom is -0.491 e. The normalized spacial score (nSPS) is 9.38. The van der Waals surface area contributed by atoms with E-state index in [2.05, 4.69) is 10.2 Å². The van der Waals surface area contributed by atoms with Crippen LogP contribution in [0.1, 0.15) is 10.5 Å². The van der Waals surface area contributed by atoms with E-state index >= 15 is 0 Å². The molecule has 0 saturated carbocycles. The molecule has 0 bridgehead atoms. The summed E-state index contributed by atoms with van der Waals surface area (Å²) in [4.78, 5) is 10.5. The number of methoxy groups -OCH3 is 2. The molecule has 1 rings (SSSR count). The van der Waals surface area contributed by atoms with Crippen LogP contribution in [0, 0.1) is 0 Å². The number of hydrogen-bond donors (Lipinski definition) is 1. The predicted molar refractivity (Wildman–Crippen MR) is 42.1 cm³/mol. The zero-order valence-corrected chi connectivity index (χ0v) is 7.14. The van der Waals surface area contributed by atoms with Gasteiger partial charge in [-0.1, -0.05) is 0 Å². The lowest BCUT2D eigenvalue weighted by Crippen LogP contribution is -2.04. The van der Waals surface area contributed by atoms with Crippen molar-refractivity contribution in [3.05, 3.63) is 11.8 Å². The van der Waals surface area contributed by atoms with E-state index in [1.54, 1.807) is 0 Å². The maximum Gasteiger partial charge on any atom is 0.356 e. The number of aromatic nitrogens is 2. The largest absolute Gasteiger partial charge is 0.491 e. The summed E-state index contributed by atoms with van der Waals surface area (Å²) < 4.78 is 9.62. The van der Waals surface area contributed by atoms with Crippen LogP contribution in [0.3, 0.4) is 0 Å². The molecule has 0 radical (unpaired) electrons. The first-order valence-electron chi connectivity index (χ1n) is 3.38. The summed E-state index contributed by atoms with van der Waals surface area (Å²) in [5.41, 5.74) is -0.183. The first-order valence-corrected chi connectivity index (χ1v) is 3.38. The van der Waals surface area contributed by atoms with Gasteiger partial charge in [-0.25, -0.2) is 4.79 Å². The van der Waals surface area contributed by atoms with E-state index in [1.165, 1.54) is 20.3 Å². The van der Waals surface area contributed by atoms with Gasteiger partial charge in [-0.3, -0.25) is 0 Å². The van der Waals surface area contributed by atoms with Crippen molar-refractivity contribution < 1.29 is 19.4 Å². The van der Waals surface area contributed by atoms with Crippen molar-refractivity contribution in [1.29, 1.82) is 0 Å². The molecule has 0 aromatic carbocycles. The van der Waals surface area contributed by atoms with Crippen LogP contribution in [0.25, 0.3) is 0 Å². The lowest BCUT2D eigenvalue weighted by molar-refractivity contribution is 0.0688. The first kappa shape index (κ1) is 9.24. The number of ether oxygens (including phenoxy) is 2. The Kier molecular flexibility index (Phi) is 2.63. The Balaban J connectivity index is 3.13. The fraction of sp³-hybridized carbons (Fsp3) is 0.286. The highest BCUT2D eigenvalue weighted by molar-refractivity contribution is 5.85. The van der Waals surface area contributed by atoms with Crippen LogP contribution in [0.4, 0.5) is 0 Å². The minimum atomic E-state index is -1.16. The molecule has 70 valence electrons. The van der Waals surface area contributed by atoms with E-state index in [-0.39, 0.29) is 17.3 Å². The molecule has 0 unspecified atom stereocenters. The maximum atomic E-state index is 10.5. The maximum absolute atomic E-state index is 10.5. The van der Waals surface area contributed by atoms with Gasteiger partial charge in [-0.15, -0.1) is 10.2 Å². The Bertz CT molecular complexity index is 326. The van der Waals surface area contributed by atoms with Gasteiger partial charge >= 0.3 is 5.97 Å². The molecule has 1 N–H and O–H groups in total. The van der Waals surface area contributed by atoms with Gasteiger partial charge in [0.1, 0.15) is 0 Å².